The second-order valence-electron chi connectivity index (χ2n) is 5.79. The Morgan fingerprint density at radius 2 is 1.56 bits per heavy atom. The van der Waals surface area contributed by atoms with Crippen molar-refractivity contribution in [3.05, 3.63) is 65.2 Å². The molecule has 25 heavy (non-hydrogen) atoms. The third-order valence-electron chi connectivity index (χ3n) is 4.11. The number of carbonyl (C=O) groups excluding carboxylic acids is 3. The molecule has 1 unspecified atom stereocenters. The molecule has 1 heterocycles. The summed E-state index contributed by atoms with van der Waals surface area (Å²) in [6.45, 7) is 1.87. The van der Waals surface area contributed by atoms with Crippen molar-refractivity contribution in [2.75, 3.05) is 7.11 Å². The maximum Gasteiger partial charge on any atom is 0.333 e. The molecule has 2 aromatic rings. The van der Waals surface area contributed by atoms with E-state index >= 15 is 0 Å². The molecule has 0 fully saturated rings. The maximum absolute atomic E-state index is 12.2. The summed E-state index contributed by atoms with van der Waals surface area (Å²) in [5.41, 5.74) is 1.41. The zero-order chi connectivity index (χ0) is 18.0. The Morgan fingerprint density at radius 3 is 2.08 bits per heavy atom. The smallest absolute Gasteiger partial charge is 0.333 e. The van der Waals surface area contributed by atoms with Gasteiger partial charge >= 0.3 is 5.97 Å². The molecule has 1 atom stereocenters. The van der Waals surface area contributed by atoms with Crippen LogP contribution in [0.4, 0.5) is 0 Å². The van der Waals surface area contributed by atoms with Gasteiger partial charge in [-0.1, -0.05) is 36.3 Å². The first-order valence-corrected chi connectivity index (χ1v) is 7.84. The van der Waals surface area contributed by atoms with Gasteiger partial charge in [0.05, 0.1) is 24.7 Å². The highest BCUT2D eigenvalue weighted by atomic mass is 16.7. The first-order valence-electron chi connectivity index (χ1n) is 7.84. The molecule has 0 bridgehead atoms. The summed E-state index contributed by atoms with van der Waals surface area (Å²) >= 11 is 0. The molecule has 6 heteroatoms. The minimum Gasteiger partial charge on any atom is -0.497 e. The Labute approximate surface area is 144 Å². The van der Waals surface area contributed by atoms with Crippen LogP contribution in [0.25, 0.3) is 0 Å². The molecule has 1 aliphatic heterocycles. The molecular formula is C19H17NO5. The summed E-state index contributed by atoms with van der Waals surface area (Å²) < 4.78 is 5.10. The molecule has 0 N–H and O–H groups in total. The van der Waals surface area contributed by atoms with Crippen molar-refractivity contribution < 1.29 is 24.0 Å². The van der Waals surface area contributed by atoms with Crippen molar-refractivity contribution in [2.24, 2.45) is 0 Å². The Kier molecular flexibility index (Phi) is 4.52. The zero-order valence-electron chi connectivity index (χ0n) is 13.9. The van der Waals surface area contributed by atoms with E-state index in [9.17, 15) is 14.4 Å². The summed E-state index contributed by atoms with van der Waals surface area (Å²) in [4.78, 5) is 41.5. The number of benzene rings is 2. The van der Waals surface area contributed by atoms with Crippen LogP contribution in [0.3, 0.4) is 0 Å². The molecule has 0 aliphatic carbocycles. The second-order valence-corrected chi connectivity index (χ2v) is 5.79. The lowest BCUT2D eigenvalue weighted by atomic mass is 9.98. The molecule has 0 saturated carbocycles. The topological polar surface area (TPSA) is 72.9 Å². The Balaban J connectivity index is 1.65. The van der Waals surface area contributed by atoms with Crippen molar-refractivity contribution in [1.29, 1.82) is 0 Å². The number of nitrogens with zero attached hydrogens (tertiary/aromatic N) is 1. The van der Waals surface area contributed by atoms with Crippen LogP contribution in [0.2, 0.25) is 0 Å². The molecule has 3 rings (SSSR count). The molecular weight excluding hydrogens is 322 g/mol. The number of imide groups is 1. The van der Waals surface area contributed by atoms with Gasteiger partial charge in [-0.05, 0) is 35.7 Å². The van der Waals surface area contributed by atoms with E-state index in [0.29, 0.717) is 5.06 Å². The fourth-order valence-corrected chi connectivity index (χ4v) is 2.69. The summed E-state index contributed by atoms with van der Waals surface area (Å²) in [5.74, 6) is -1.28. The quantitative estimate of drug-likeness (QED) is 0.783. The predicted octanol–water partition coefficient (Wildman–Crippen LogP) is 2.94. The second kappa shape index (κ2) is 6.76. The number of hydrogen-bond donors (Lipinski definition) is 0. The lowest BCUT2D eigenvalue weighted by Crippen LogP contribution is -2.33. The summed E-state index contributed by atoms with van der Waals surface area (Å²) in [6.07, 6.45) is 0.0414. The molecule has 128 valence electrons. The number of carbonyl (C=O) groups is 3. The molecule has 1 aliphatic rings. The molecule has 2 aromatic carbocycles. The first-order chi connectivity index (χ1) is 12.0. The van der Waals surface area contributed by atoms with E-state index in [4.69, 9.17) is 9.57 Å². The molecule has 0 radical (unpaired) electrons. The van der Waals surface area contributed by atoms with Crippen LogP contribution < -0.4 is 4.74 Å². The van der Waals surface area contributed by atoms with Crippen LogP contribution in [0, 0.1) is 0 Å². The maximum atomic E-state index is 12.2. The molecule has 2 amide bonds. The lowest BCUT2D eigenvalue weighted by molar-refractivity contribution is -0.168. The van der Waals surface area contributed by atoms with Crippen molar-refractivity contribution in [3.8, 4) is 5.75 Å². The first kappa shape index (κ1) is 16.7. The van der Waals surface area contributed by atoms with Gasteiger partial charge in [-0.15, -0.1) is 0 Å². The van der Waals surface area contributed by atoms with E-state index < -0.39 is 17.8 Å². The largest absolute Gasteiger partial charge is 0.497 e. The van der Waals surface area contributed by atoms with Crippen LogP contribution in [0.15, 0.2) is 48.5 Å². The highest BCUT2D eigenvalue weighted by Gasteiger charge is 2.38. The monoisotopic (exact) mass is 339 g/mol. The minimum absolute atomic E-state index is 0.0414. The average Bonchev–Trinajstić information content (AvgIpc) is 2.87. The van der Waals surface area contributed by atoms with E-state index in [0.717, 1.165) is 11.3 Å². The van der Waals surface area contributed by atoms with Gasteiger partial charge in [-0.25, -0.2) is 4.79 Å². The lowest BCUT2D eigenvalue weighted by Gasteiger charge is -2.15. The third kappa shape index (κ3) is 3.24. The summed E-state index contributed by atoms with van der Waals surface area (Å²) in [5, 5.41) is 0.535. The van der Waals surface area contributed by atoms with Crippen LogP contribution in [-0.4, -0.2) is 30.0 Å². The predicted molar refractivity (Wildman–Crippen MR) is 89.1 cm³/mol. The van der Waals surface area contributed by atoms with E-state index in [-0.39, 0.29) is 23.5 Å². The molecule has 0 aromatic heterocycles. The SMILES string of the molecule is COc1ccc(C(C)CC(=O)ON2C(=O)c3ccccc3C2=O)cc1. The van der Waals surface area contributed by atoms with Crippen molar-refractivity contribution in [1.82, 2.24) is 5.06 Å². The van der Waals surface area contributed by atoms with Gasteiger partial charge in [-0.3, -0.25) is 9.59 Å². The third-order valence-corrected chi connectivity index (χ3v) is 4.11. The van der Waals surface area contributed by atoms with Crippen molar-refractivity contribution >= 4 is 17.8 Å². The van der Waals surface area contributed by atoms with E-state index in [1.807, 2.05) is 19.1 Å². The number of rotatable bonds is 5. The summed E-state index contributed by atoms with van der Waals surface area (Å²) in [7, 11) is 1.58. The number of hydrogen-bond acceptors (Lipinski definition) is 5. The van der Waals surface area contributed by atoms with Gasteiger partial charge in [0.2, 0.25) is 0 Å². The number of methoxy groups -OCH3 is 1. The fraction of sp³-hybridized carbons (Fsp3) is 0.211. The number of fused-ring (bicyclic) bond motifs is 1. The number of ether oxygens (including phenoxy) is 1. The van der Waals surface area contributed by atoms with Gasteiger partial charge in [0, 0.05) is 0 Å². The highest BCUT2D eigenvalue weighted by Crippen LogP contribution is 2.25. The van der Waals surface area contributed by atoms with Crippen molar-refractivity contribution in [3.63, 3.8) is 0 Å². The highest BCUT2D eigenvalue weighted by molar-refractivity contribution is 6.20. The van der Waals surface area contributed by atoms with Gasteiger partial charge < -0.3 is 9.57 Å². The van der Waals surface area contributed by atoms with Gasteiger partial charge in [0.1, 0.15) is 5.75 Å². The minimum atomic E-state index is -0.641. The van der Waals surface area contributed by atoms with E-state index in [2.05, 4.69) is 0 Å². The Morgan fingerprint density at radius 1 is 1.00 bits per heavy atom. The van der Waals surface area contributed by atoms with Crippen LogP contribution in [0.1, 0.15) is 45.5 Å². The zero-order valence-corrected chi connectivity index (χ0v) is 13.9. The van der Waals surface area contributed by atoms with Gasteiger partial charge in [-0.2, -0.15) is 0 Å². The molecule has 0 spiro atoms. The molecule has 6 nitrogen and oxygen atoms in total. The summed E-state index contributed by atoms with van der Waals surface area (Å²) in [6, 6.07) is 13.7. The molecule has 0 saturated heterocycles. The van der Waals surface area contributed by atoms with Crippen LogP contribution >= 0.6 is 0 Å². The van der Waals surface area contributed by atoms with E-state index in [1.54, 1.807) is 31.4 Å². The van der Waals surface area contributed by atoms with Crippen molar-refractivity contribution in [2.45, 2.75) is 19.3 Å². The Bertz CT molecular complexity index is 793. The number of amides is 2. The van der Waals surface area contributed by atoms with Crippen LogP contribution in [0.5, 0.6) is 5.75 Å². The Hall–Kier alpha value is -3.15. The fourth-order valence-electron chi connectivity index (χ4n) is 2.69. The van der Waals surface area contributed by atoms with Gasteiger partial charge in [0.25, 0.3) is 11.8 Å². The van der Waals surface area contributed by atoms with Crippen LogP contribution in [-0.2, 0) is 9.63 Å². The normalized spacial score (nSPS) is 14.2. The average molecular weight is 339 g/mol. The number of hydroxylamine groups is 2. The van der Waals surface area contributed by atoms with Gasteiger partial charge in [0.15, 0.2) is 0 Å². The standard InChI is InChI=1S/C19H17NO5/c1-12(13-7-9-14(24-2)10-8-13)11-17(21)25-20-18(22)15-5-3-4-6-16(15)19(20)23/h3-10,12H,11H2,1-2H3. The van der Waals surface area contributed by atoms with E-state index in [1.165, 1.54) is 12.1 Å².